The molecule has 1 atom stereocenters. The van der Waals surface area contributed by atoms with Crippen molar-refractivity contribution in [3.8, 4) is 0 Å². The molecule has 2 rings (SSSR count). The maximum absolute atomic E-state index is 12.2. The van der Waals surface area contributed by atoms with Gasteiger partial charge in [0, 0.05) is 18.9 Å². The van der Waals surface area contributed by atoms with Gasteiger partial charge >= 0.3 is 5.97 Å². The lowest BCUT2D eigenvalue weighted by molar-refractivity contribution is -0.140. The molecule has 0 spiro atoms. The summed E-state index contributed by atoms with van der Waals surface area (Å²) in [4.78, 5) is 29.5. The van der Waals surface area contributed by atoms with Gasteiger partial charge in [0.1, 0.15) is 11.9 Å². The molecule has 24 heavy (non-hydrogen) atoms. The molecule has 0 saturated carbocycles. The van der Waals surface area contributed by atoms with Crippen LogP contribution in [0.1, 0.15) is 24.2 Å². The lowest BCUT2D eigenvalue weighted by Crippen LogP contribution is -2.44. The van der Waals surface area contributed by atoms with Crippen LogP contribution in [0.3, 0.4) is 0 Å². The number of carbonyl (C=O) groups excluding carboxylic acids is 1. The number of carboxylic acids is 1. The largest absolute Gasteiger partial charge is 0.480 e. The molecule has 1 aromatic carbocycles. The molecule has 6 nitrogen and oxygen atoms in total. The van der Waals surface area contributed by atoms with Crippen molar-refractivity contribution in [2.24, 2.45) is 5.92 Å². The molecule has 0 aliphatic rings. The van der Waals surface area contributed by atoms with Crippen LogP contribution < -0.4 is 10.2 Å². The first-order chi connectivity index (χ1) is 11.4. The van der Waals surface area contributed by atoms with Crippen molar-refractivity contribution < 1.29 is 14.7 Å². The first-order valence-electron chi connectivity index (χ1n) is 7.68. The Morgan fingerprint density at radius 3 is 2.29 bits per heavy atom. The second-order valence-corrected chi connectivity index (χ2v) is 5.83. The predicted molar refractivity (Wildman–Crippen MR) is 92.5 cm³/mol. The van der Waals surface area contributed by atoms with E-state index in [0.29, 0.717) is 11.4 Å². The molecule has 0 fully saturated rings. The van der Waals surface area contributed by atoms with Gasteiger partial charge in [0.05, 0.1) is 5.56 Å². The maximum Gasteiger partial charge on any atom is 0.326 e. The highest BCUT2D eigenvalue weighted by Crippen LogP contribution is 2.20. The number of anilines is 2. The van der Waals surface area contributed by atoms with Crippen LogP contribution >= 0.6 is 0 Å². The highest BCUT2D eigenvalue weighted by atomic mass is 16.4. The zero-order valence-electron chi connectivity index (χ0n) is 13.9. The van der Waals surface area contributed by atoms with Crippen LogP contribution in [0.4, 0.5) is 11.5 Å². The van der Waals surface area contributed by atoms with E-state index in [1.165, 1.54) is 6.20 Å². The Labute approximate surface area is 141 Å². The van der Waals surface area contributed by atoms with Crippen molar-refractivity contribution in [3.05, 3.63) is 54.2 Å². The van der Waals surface area contributed by atoms with Crippen LogP contribution in [-0.4, -0.2) is 35.1 Å². The standard InChI is InChI=1S/C18H21N3O3/c1-12(2)16(18(23)24)20-17(22)13-9-10-15(19-11-13)21(3)14-7-5-4-6-8-14/h4-12,16H,1-3H3,(H,20,22)(H,23,24)/t16-/m0/s1. The Morgan fingerprint density at radius 1 is 1.12 bits per heavy atom. The van der Waals surface area contributed by atoms with Crippen LogP contribution in [0.25, 0.3) is 0 Å². The van der Waals surface area contributed by atoms with Crippen molar-refractivity contribution in [2.75, 3.05) is 11.9 Å². The lowest BCUT2D eigenvalue weighted by atomic mass is 10.0. The minimum atomic E-state index is -1.05. The quantitative estimate of drug-likeness (QED) is 0.852. The van der Waals surface area contributed by atoms with Gasteiger partial charge in [0.15, 0.2) is 0 Å². The number of aliphatic carboxylic acids is 1. The number of pyridine rings is 1. The summed E-state index contributed by atoms with van der Waals surface area (Å²) < 4.78 is 0. The molecule has 0 radical (unpaired) electrons. The fourth-order valence-electron chi connectivity index (χ4n) is 2.24. The van der Waals surface area contributed by atoms with E-state index in [1.54, 1.807) is 26.0 Å². The number of nitrogens with zero attached hydrogens (tertiary/aromatic N) is 2. The second-order valence-electron chi connectivity index (χ2n) is 5.83. The normalized spacial score (nSPS) is 11.8. The van der Waals surface area contributed by atoms with E-state index < -0.39 is 17.9 Å². The molecule has 0 saturated heterocycles. The van der Waals surface area contributed by atoms with Gasteiger partial charge in [-0.15, -0.1) is 0 Å². The molecule has 2 N–H and O–H groups in total. The molecule has 1 amide bonds. The SMILES string of the molecule is CC(C)[C@H](NC(=O)c1ccc(N(C)c2ccccc2)nc1)C(=O)O. The molecule has 2 aromatic rings. The van der Waals surface area contributed by atoms with Gasteiger partial charge < -0.3 is 15.3 Å². The average molecular weight is 327 g/mol. The second kappa shape index (κ2) is 7.59. The minimum absolute atomic E-state index is 0.206. The third-order valence-corrected chi connectivity index (χ3v) is 3.72. The van der Waals surface area contributed by atoms with E-state index in [-0.39, 0.29) is 5.92 Å². The Hall–Kier alpha value is -2.89. The fourth-order valence-corrected chi connectivity index (χ4v) is 2.24. The number of hydrogen-bond acceptors (Lipinski definition) is 4. The molecule has 0 aliphatic carbocycles. The van der Waals surface area contributed by atoms with Crippen LogP contribution in [0.5, 0.6) is 0 Å². The van der Waals surface area contributed by atoms with E-state index in [1.807, 2.05) is 42.3 Å². The molecule has 0 unspecified atom stereocenters. The summed E-state index contributed by atoms with van der Waals surface area (Å²) in [7, 11) is 1.89. The van der Waals surface area contributed by atoms with Crippen LogP contribution in [0, 0.1) is 5.92 Å². The lowest BCUT2D eigenvalue weighted by Gasteiger charge is -2.19. The van der Waals surface area contributed by atoms with Crippen LogP contribution in [0.2, 0.25) is 0 Å². The summed E-state index contributed by atoms with van der Waals surface area (Å²) in [6.45, 7) is 3.49. The number of amides is 1. The average Bonchev–Trinajstić information content (AvgIpc) is 2.59. The van der Waals surface area contributed by atoms with Gasteiger partial charge in [-0.25, -0.2) is 9.78 Å². The zero-order chi connectivity index (χ0) is 17.7. The third kappa shape index (κ3) is 4.10. The number of rotatable bonds is 6. The highest BCUT2D eigenvalue weighted by molar-refractivity contribution is 5.96. The Balaban J connectivity index is 2.11. The Kier molecular flexibility index (Phi) is 5.52. The highest BCUT2D eigenvalue weighted by Gasteiger charge is 2.24. The van der Waals surface area contributed by atoms with Gasteiger partial charge in [-0.2, -0.15) is 0 Å². The first-order valence-corrected chi connectivity index (χ1v) is 7.68. The third-order valence-electron chi connectivity index (χ3n) is 3.72. The van der Waals surface area contributed by atoms with Crippen molar-refractivity contribution in [1.29, 1.82) is 0 Å². The van der Waals surface area contributed by atoms with E-state index in [2.05, 4.69) is 10.3 Å². The smallest absolute Gasteiger partial charge is 0.326 e. The van der Waals surface area contributed by atoms with Crippen molar-refractivity contribution in [2.45, 2.75) is 19.9 Å². The van der Waals surface area contributed by atoms with Gasteiger partial charge in [0.2, 0.25) is 0 Å². The van der Waals surface area contributed by atoms with E-state index in [9.17, 15) is 9.59 Å². The maximum atomic E-state index is 12.2. The summed E-state index contributed by atoms with van der Waals surface area (Å²) >= 11 is 0. The number of aromatic nitrogens is 1. The number of benzene rings is 1. The number of para-hydroxylation sites is 1. The van der Waals surface area contributed by atoms with E-state index >= 15 is 0 Å². The number of carboxylic acid groups (broad SMARTS) is 1. The van der Waals surface area contributed by atoms with Gasteiger partial charge in [-0.05, 0) is 30.2 Å². The molecule has 1 heterocycles. The predicted octanol–water partition coefficient (Wildman–Crippen LogP) is 2.69. The van der Waals surface area contributed by atoms with Crippen molar-refractivity contribution in [3.63, 3.8) is 0 Å². The topological polar surface area (TPSA) is 82.5 Å². The summed E-state index contributed by atoms with van der Waals surface area (Å²) in [5.74, 6) is -1.01. The molecular weight excluding hydrogens is 306 g/mol. The summed E-state index contributed by atoms with van der Waals surface area (Å²) in [6.07, 6.45) is 1.45. The van der Waals surface area contributed by atoms with E-state index in [4.69, 9.17) is 5.11 Å². The van der Waals surface area contributed by atoms with Crippen LogP contribution in [0.15, 0.2) is 48.7 Å². The van der Waals surface area contributed by atoms with E-state index in [0.717, 1.165) is 5.69 Å². The summed E-state index contributed by atoms with van der Waals surface area (Å²) in [6, 6.07) is 12.2. The Bertz CT molecular complexity index is 699. The molecule has 0 aliphatic heterocycles. The summed E-state index contributed by atoms with van der Waals surface area (Å²) in [5, 5.41) is 11.7. The van der Waals surface area contributed by atoms with Gasteiger partial charge in [-0.1, -0.05) is 32.0 Å². The molecule has 126 valence electrons. The molecular formula is C18H21N3O3. The summed E-state index contributed by atoms with van der Waals surface area (Å²) in [5.41, 5.74) is 1.31. The van der Waals surface area contributed by atoms with Gasteiger partial charge in [0.25, 0.3) is 5.91 Å². The number of hydrogen-bond donors (Lipinski definition) is 2. The van der Waals surface area contributed by atoms with Crippen LogP contribution in [-0.2, 0) is 4.79 Å². The minimum Gasteiger partial charge on any atom is -0.480 e. The van der Waals surface area contributed by atoms with Gasteiger partial charge in [-0.3, -0.25) is 4.79 Å². The molecule has 1 aromatic heterocycles. The van der Waals surface area contributed by atoms with Crippen molar-refractivity contribution in [1.82, 2.24) is 10.3 Å². The first kappa shape index (κ1) is 17.5. The number of nitrogens with one attached hydrogen (secondary N) is 1. The zero-order valence-corrected chi connectivity index (χ0v) is 13.9. The molecule has 6 heteroatoms. The van der Waals surface area contributed by atoms with Crippen molar-refractivity contribution >= 4 is 23.4 Å². The number of carbonyl (C=O) groups is 2. The molecule has 0 bridgehead atoms. The Morgan fingerprint density at radius 2 is 1.79 bits per heavy atom. The fraction of sp³-hybridized carbons (Fsp3) is 0.278. The monoisotopic (exact) mass is 327 g/mol.